The predicted octanol–water partition coefficient (Wildman–Crippen LogP) is 0.884. The Bertz CT molecular complexity index is 174. The lowest BCUT2D eigenvalue weighted by Gasteiger charge is -2.27. The first-order valence-corrected chi connectivity index (χ1v) is 5.86. The zero-order valence-corrected chi connectivity index (χ0v) is 8.93. The molecule has 2 fully saturated rings. The summed E-state index contributed by atoms with van der Waals surface area (Å²) >= 11 is 0. The topological polar surface area (TPSA) is 47.3 Å². The summed E-state index contributed by atoms with van der Waals surface area (Å²) in [6.07, 6.45) is 6.66. The molecule has 2 rings (SSSR count). The van der Waals surface area contributed by atoms with Gasteiger partial charge in [-0.05, 0) is 25.3 Å². The van der Waals surface area contributed by atoms with E-state index in [9.17, 15) is 0 Å². The van der Waals surface area contributed by atoms with Crippen molar-refractivity contribution in [1.29, 1.82) is 0 Å². The first kappa shape index (κ1) is 10.4. The molecule has 1 saturated heterocycles. The molecule has 1 unspecified atom stereocenters. The third-order valence-corrected chi connectivity index (χ3v) is 3.56. The number of rotatable bonds is 5. The predicted molar refractivity (Wildman–Crippen MR) is 57.2 cm³/mol. The van der Waals surface area contributed by atoms with Crippen LogP contribution in [0.25, 0.3) is 0 Å². The molecule has 0 spiro atoms. The van der Waals surface area contributed by atoms with Crippen molar-refractivity contribution in [2.75, 3.05) is 26.3 Å². The van der Waals surface area contributed by atoms with Gasteiger partial charge in [-0.2, -0.15) is 0 Å². The molecular weight excluding hydrogens is 176 g/mol. The summed E-state index contributed by atoms with van der Waals surface area (Å²) in [6.45, 7) is 3.60. The van der Waals surface area contributed by atoms with Gasteiger partial charge in [0.25, 0.3) is 0 Å². The van der Waals surface area contributed by atoms with Crippen molar-refractivity contribution >= 4 is 0 Å². The fourth-order valence-electron chi connectivity index (χ4n) is 2.19. The molecule has 1 atom stereocenters. The lowest BCUT2D eigenvalue weighted by atomic mass is 9.83. The van der Waals surface area contributed by atoms with Gasteiger partial charge in [-0.1, -0.05) is 19.3 Å². The molecule has 0 bridgehead atoms. The third-order valence-electron chi connectivity index (χ3n) is 3.56. The van der Waals surface area contributed by atoms with Crippen LogP contribution < -0.4 is 11.1 Å². The number of hydrogen-bond donors (Lipinski definition) is 2. The second-order valence-corrected chi connectivity index (χ2v) is 4.93. The SMILES string of the molecule is NC1(CNCCC2CCC2)CCOC1. The number of nitrogens with one attached hydrogen (secondary N) is 1. The summed E-state index contributed by atoms with van der Waals surface area (Å²) in [5.74, 6) is 0.996. The average molecular weight is 198 g/mol. The summed E-state index contributed by atoms with van der Waals surface area (Å²) in [7, 11) is 0. The highest BCUT2D eigenvalue weighted by atomic mass is 16.5. The molecule has 82 valence electrons. The van der Waals surface area contributed by atoms with Crippen LogP contribution in [0.5, 0.6) is 0 Å². The number of nitrogens with two attached hydrogens (primary N) is 1. The van der Waals surface area contributed by atoms with E-state index in [0.29, 0.717) is 0 Å². The van der Waals surface area contributed by atoms with Crippen LogP contribution in [0.2, 0.25) is 0 Å². The van der Waals surface area contributed by atoms with E-state index in [-0.39, 0.29) is 5.54 Å². The van der Waals surface area contributed by atoms with E-state index in [1.807, 2.05) is 0 Å². The fourth-order valence-corrected chi connectivity index (χ4v) is 2.19. The molecule has 0 aromatic carbocycles. The normalized spacial score (nSPS) is 33.2. The standard InChI is InChI=1S/C11H22N2O/c12-11(5-7-14-9-11)8-13-6-4-10-2-1-3-10/h10,13H,1-9,12H2. The molecular formula is C11H22N2O. The Labute approximate surface area is 86.4 Å². The lowest BCUT2D eigenvalue weighted by Crippen LogP contribution is -2.49. The van der Waals surface area contributed by atoms with Gasteiger partial charge in [0.2, 0.25) is 0 Å². The highest BCUT2D eigenvalue weighted by molar-refractivity contribution is 4.90. The second kappa shape index (κ2) is 4.60. The summed E-state index contributed by atoms with van der Waals surface area (Å²) in [5.41, 5.74) is 6.05. The molecule has 1 aliphatic carbocycles. The van der Waals surface area contributed by atoms with Crippen LogP contribution in [0.3, 0.4) is 0 Å². The smallest absolute Gasteiger partial charge is 0.0659 e. The summed E-state index contributed by atoms with van der Waals surface area (Å²) in [6, 6.07) is 0. The van der Waals surface area contributed by atoms with Crippen LogP contribution in [-0.2, 0) is 4.74 Å². The van der Waals surface area contributed by atoms with Crippen molar-refractivity contribution in [2.24, 2.45) is 11.7 Å². The quantitative estimate of drug-likeness (QED) is 0.645. The van der Waals surface area contributed by atoms with E-state index in [2.05, 4.69) is 5.32 Å². The van der Waals surface area contributed by atoms with Crippen LogP contribution in [0, 0.1) is 5.92 Å². The molecule has 0 aromatic heterocycles. The monoisotopic (exact) mass is 198 g/mol. The Kier molecular flexibility index (Phi) is 3.42. The molecule has 1 heterocycles. The van der Waals surface area contributed by atoms with E-state index >= 15 is 0 Å². The molecule has 14 heavy (non-hydrogen) atoms. The summed E-state index contributed by atoms with van der Waals surface area (Å²) < 4.78 is 5.31. The van der Waals surface area contributed by atoms with Crippen LogP contribution in [0.4, 0.5) is 0 Å². The largest absolute Gasteiger partial charge is 0.379 e. The molecule has 3 heteroatoms. The van der Waals surface area contributed by atoms with Gasteiger partial charge in [0, 0.05) is 13.2 Å². The van der Waals surface area contributed by atoms with Crippen molar-refractivity contribution < 1.29 is 4.74 Å². The Morgan fingerprint density at radius 1 is 1.43 bits per heavy atom. The highest BCUT2D eigenvalue weighted by Gasteiger charge is 2.29. The van der Waals surface area contributed by atoms with Crippen molar-refractivity contribution in [3.63, 3.8) is 0 Å². The van der Waals surface area contributed by atoms with Gasteiger partial charge in [-0.25, -0.2) is 0 Å². The van der Waals surface area contributed by atoms with Gasteiger partial charge < -0.3 is 15.8 Å². The molecule has 1 saturated carbocycles. The Morgan fingerprint density at radius 2 is 2.29 bits per heavy atom. The molecule has 0 aromatic rings. The van der Waals surface area contributed by atoms with Crippen molar-refractivity contribution in [2.45, 2.75) is 37.6 Å². The zero-order chi connectivity index (χ0) is 9.86. The van der Waals surface area contributed by atoms with Gasteiger partial charge in [0.1, 0.15) is 0 Å². The van der Waals surface area contributed by atoms with Crippen LogP contribution >= 0.6 is 0 Å². The Balaban J connectivity index is 1.53. The van der Waals surface area contributed by atoms with Gasteiger partial charge >= 0.3 is 0 Å². The van der Waals surface area contributed by atoms with E-state index in [1.165, 1.54) is 25.7 Å². The maximum atomic E-state index is 6.13. The van der Waals surface area contributed by atoms with Crippen molar-refractivity contribution in [3.8, 4) is 0 Å². The fraction of sp³-hybridized carbons (Fsp3) is 1.00. The van der Waals surface area contributed by atoms with Gasteiger partial charge in [0.15, 0.2) is 0 Å². The van der Waals surface area contributed by atoms with E-state index in [0.717, 1.165) is 38.6 Å². The van der Waals surface area contributed by atoms with Crippen LogP contribution in [0.15, 0.2) is 0 Å². The van der Waals surface area contributed by atoms with Crippen molar-refractivity contribution in [3.05, 3.63) is 0 Å². The Hall–Kier alpha value is -0.120. The van der Waals surface area contributed by atoms with Gasteiger partial charge in [-0.3, -0.25) is 0 Å². The third kappa shape index (κ3) is 2.69. The molecule has 0 amide bonds. The minimum Gasteiger partial charge on any atom is -0.379 e. The van der Waals surface area contributed by atoms with Crippen molar-refractivity contribution in [1.82, 2.24) is 5.32 Å². The molecule has 3 nitrogen and oxygen atoms in total. The Morgan fingerprint density at radius 3 is 2.86 bits per heavy atom. The number of hydrogen-bond acceptors (Lipinski definition) is 3. The van der Waals surface area contributed by atoms with Crippen LogP contribution in [0.1, 0.15) is 32.1 Å². The molecule has 3 N–H and O–H groups in total. The zero-order valence-electron chi connectivity index (χ0n) is 8.93. The first-order chi connectivity index (χ1) is 6.79. The minimum absolute atomic E-state index is 0.0837. The summed E-state index contributed by atoms with van der Waals surface area (Å²) in [5, 5.41) is 3.46. The van der Waals surface area contributed by atoms with E-state index in [1.54, 1.807) is 0 Å². The molecule has 0 radical (unpaired) electrons. The lowest BCUT2D eigenvalue weighted by molar-refractivity contribution is 0.177. The highest BCUT2D eigenvalue weighted by Crippen LogP contribution is 2.28. The van der Waals surface area contributed by atoms with E-state index in [4.69, 9.17) is 10.5 Å². The van der Waals surface area contributed by atoms with E-state index < -0.39 is 0 Å². The van der Waals surface area contributed by atoms with Gasteiger partial charge in [0.05, 0.1) is 12.1 Å². The molecule has 1 aliphatic heterocycles. The second-order valence-electron chi connectivity index (χ2n) is 4.93. The minimum atomic E-state index is -0.0837. The van der Waals surface area contributed by atoms with Crippen LogP contribution in [-0.4, -0.2) is 31.8 Å². The maximum absolute atomic E-state index is 6.13. The first-order valence-electron chi connectivity index (χ1n) is 5.86. The maximum Gasteiger partial charge on any atom is 0.0659 e. The average Bonchev–Trinajstić information content (AvgIpc) is 2.49. The molecule has 2 aliphatic rings. The van der Waals surface area contributed by atoms with Gasteiger partial charge in [-0.15, -0.1) is 0 Å². The summed E-state index contributed by atoms with van der Waals surface area (Å²) in [4.78, 5) is 0. The number of ether oxygens (including phenoxy) is 1.